The molecule has 0 saturated heterocycles. The van der Waals surface area contributed by atoms with E-state index in [-0.39, 0.29) is 6.09 Å². The first-order chi connectivity index (χ1) is 18.4. The normalized spacial score (nSPS) is 13.0. The molecule has 0 saturated carbocycles. The zero-order chi connectivity index (χ0) is 26.0. The van der Waals surface area contributed by atoms with E-state index in [0.29, 0.717) is 0 Å². The average molecular weight is 496 g/mol. The molecule has 0 radical (unpaired) electrons. The van der Waals surface area contributed by atoms with Gasteiger partial charge in [-0.05, 0) is 114 Å². The van der Waals surface area contributed by atoms with E-state index in [1.165, 1.54) is 44.5 Å². The Morgan fingerprint density at radius 1 is 0.605 bits per heavy atom. The first kappa shape index (κ1) is 22.8. The fourth-order valence-corrected chi connectivity index (χ4v) is 6.00. The van der Waals surface area contributed by atoms with Crippen molar-refractivity contribution in [2.45, 2.75) is 39.2 Å². The first-order valence-electron chi connectivity index (χ1n) is 13.2. The van der Waals surface area contributed by atoms with E-state index in [0.717, 1.165) is 35.4 Å². The van der Waals surface area contributed by atoms with Crippen LogP contribution >= 0.6 is 0 Å². The topological polar surface area (TPSA) is 31.2 Å². The van der Waals surface area contributed by atoms with E-state index in [4.69, 9.17) is 4.74 Å². The Hall–Kier alpha value is -4.37. The Morgan fingerprint density at radius 3 is 1.53 bits per heavy atom. The summed E-state index contributed by atoms with van der Waals surface area (Å²) in [5.74, 6) is 0. The van der Waals surface area contributed by atoms with Gasteiger partial charge in [-0.1, -0.05) is 72.8 Å². The van der Waals surface area contributed by atoms with Gasteiger partial charge in [0.05, 0.1) is 11.4 Å². The molecule has 2 aliphatic rings. The van der Waals surface area contributed by atoms with E-state index in [9.17, 15) is 4.79 Å². The van der Waals surface area contributed by atoms with Gasteiger partial charge in [-0.15, -0.1) is 0 Å². The van der Waals surface area contributed by atoms with E-state index >= 15 is 0 Å². The van der Waals surface area contributed by atoms with Crippen LogP contribution in [0.3, 0.4) is 0 Å². The fraction of sp³-hybridized carbons (Fsp3) is 0.171. The molecule has 0 N–H and O–H groups in total. The van der Waals surface area contributed by atoms with Crippen LogP contribution in [-0.4, -0.2) is 16.3 Å². The third-order valence-electron chi connectivity index (χ3n) is 7.64. The fourth-order valence-electron chi connectivity index (χ4n) is 6.00. The molecule has 0 atom stereocenters. The molecule has 1 heterocycles. The highest BCUT2D eigenvalue weighted by Crippen LogP contribution is 2.41. The Kier molecular flexibility index (Phi) is 4.99. The molecule has 3 heteroatoms. The molecular formula is C35H29NO2. The van der Waals surface area contributed by atoms with Crippen LogP contribution in [0.2, 0.25) is 0 Å². The lowest BCUT2D eigenvalue weighted by Gasteiger charge is -2.22. The highest BCUT2D eigenvalue weighted by Gasteiger charge is 2.26. The van der Waals surface area contributed by atoms with Gasteiger partial charge < -0.3 is 4.74 Å². The lowest BCUT2D eigenvalue weighted by molar-refractivity contribution is 0.0543. The molecule has 7 rings (SSSR count). The third kappa shape index (κ3) is 3.69. The molecule has 0 unspecified atom stereocenters. The van der Waals surface area contributed by atoms with Gasteiger partial charge in [-0.25, -0.2) is 9.36 Å². The molecule has 186 valence electrons. The van der Waals surface area contributed by atoms with Crippen molar-refractivity contribution in [3.8, 4) is 44.8 Å². The predicted molar refractivity (Wildman–Crippen MR) is 153 cm³/mol. The molecule has 3 nitrogen and oxygen atoms in total. The number of fused-ring (bicyclic) bond motifs is 6. The van der Waals surface area contributed by atoms with Crippen molar-refractivity contribution in [1.29, 1.82) is 0 Å². The largest absolute Gasteiger partial charge is 0.443 e. The number of ether oxygens (including phenoxy) is 1. The maximum Gasteiger partial charge on any atom is 0.419 e. The second-order valence-electron chi connectivity index (χ2n) is 11.3. The number of hydrogen-bond donors (Lipinski definition) is 0. The summed E-state index contributed by atoms with van der Waals surface area (Å²) < 4.78 is 7.67. The lowest BCUT2D eigenvalue weighted by atomic mass is 10.0. The Balaban J connectivity index is 1.33. The van der Waals surface area contributed by atoms with Crippen molar-refractivity contribution in [2.75, 3.05) is 0 Å². The monoisotopic (exact) mass is 495 g/mol. The molecule has 1 aromatic heterocycles. The maximum absolute atomic E-state index is 13.7. The zero-order valence-electron chi connectivity index (χ0n) is 21.9. The summed E-state index contributed by atoms with van der Waals surface area (Å²) in [5.41, 5.74) is 13.6. The van der Waals surface area contributed by atoms with Gasteiger partial charge in [-0.2, -0.15) is 0 Å². The Bertz CT molecular complexity index is 1630. The molecule has 0 spiro atoms. The summed E-state index contributed by atoms with van der Waals surface area (Å²) in [6.45, 7) is 5.73. The second-order valence-corrected chi connectivity index (χ2v) is 11.3. The lowest BCUT2D eigenvalue weighted by Crippen LogP contribution is -2.27. The number of carbonyl (C=O) groups is 1. The molecule has 2 aliphatic carbocycles. The van der Waals surface area contributed by atoms with Crippen molar-refractivity contribution >= 4 is 6.09 Å². The summed E-state index contributed by atoms with van der Waals surface area (Å²) in [5, 5.41) is 0. The summed E-state index contributed by atoms with van der Waals surface area (Å²) in [7, 11) is 0. The number of hydrogen-bond acceptors (Lipinski definition) is 2. The molecule has 4 aromatic carbocycles. The predicted octanol–water partition coefficient (Wildman–Crippen LogP) is 8.75. The van der Waals surface area contributed by atoms with Gasteiger partial charge in [0, 0.05) is 0 Å². The van der Waals surface area contributed by atoms with Crippen LogP contribution in [0.5, 0.6) is 0 Å². The number of benzene rings is 4. The van der Waals surface area contributed by atoms with Gasteiger partial charge in [-0.3, -0.25) is 0 Å². The minimum absolute atomic E-state index is 0.361. The van der Waals surface area contributed by atoms with Crippen LogP contribution in [-0.2, 0) is 17.6 Å². The van der Waals surface area contributed by atoms with Crippen molar-refractivity contribution < 1.29 is 9.53 Å². The average Bonchev–Trinajstić information content (AvgIpc) is 3.59. The van der Waals surface area contributed by atoms with Crippen LogP contribution in [0.25, 0.3) is 44.8 Å². The second kappa shape index (κ2) is 8.32. The minimum atomic E-state index is -0.602. The molecule has 0 bridgehead atoms. The van der Waals surface area contributed by atoms with E-state index in [1.54, 1.807) is 4.57 Å². The Morgan fingerprint density at radius 2 is 1.05 bits per heavy atom. The van der Waals surface area contributed by atoms with E-state index < -0.39 is 5.60 Å². The highest BCUT2D eigenvalue weighted by molar-refractivity contribution is 5.88. The molecule has 0 fully saturated rings. The number of rotatable bonds is 2. The summed E-state index contributed by atoms with van der Waals surface area (Å²) in [4.78, 5) is 13.7. The minimum Gasteiger partial charge on any atom is -0.443 e. The first-order valence-corrected chi connectivity index (χ1v) is 13.2. The Labute approximate surface area is 223 Å². The van der Waals surface area contributed by atoms with Gasteiger partial charge in [0.15, 0.2) is 0 Å². The molecule has 5 aromatic rings. The van der Waals surface area contributed by atoms with Gasteiger partial charge in [0.25, 0.3) is 0 Å². The molecular weight excluding hydrogens is 466 g/mol. The molecule has 0 amide bonds. The van der Waals surface area contributed by atoms with E-state index in [2.05, 4.69) is 84.9 Å². The smallest absolute Gasteiger partial charge is 0.419 e. The van der Waals surface area contributed by atoms with Gasteiger partial charge >= 0.3 is 6.09 Å². The summed E-state index contributed by atoms with van der Waals surface area (Å²) in [6, 6.07) is 34.3. The van der Waals surface area contributed by atoms with Crippen LogP contribution in [0.1, 0.15) is 43.0 Å². The van der Waals surface area contributed by atoms with Crippen molar-refractivity contribution in [2.24, 2.45) is 0 Å². The quantitative estimate of drug-likeness (QED) is 0.240. The van der Waals surface area contributed by atoms with Crippen LogP contribution in [0.4, 0.5) is 4.79 Å². The summed E-state index contributed by atoms with van der Waals surface area (Å²) in [6.07, 6.45) is 1.45. The maximum atomic E-state index is 13.7. The molecule has 0 aliphatic heterocycles. The number of aromatic nitrogens is 1. The van der Waals surface area contributed by atoms with Crippen LogP contribution < -0.4 is 0 Å². The SMILES string of the molecule is CC(C)(C)OC(=O)n1c(-c2ccc3c(c2)Cc2ccccc2-3)ccc1-c1ccc2c(c1)Cc1ccccc1-2. The van der Waals surface area contributed by atoms with Crippen molar-refractivity contribution in [1.82, 2.24) is 4.57 Å². The highest BCUT2D eigenvalue weighted by atomic mass is 16.6. The summed E-state index contributed by atoms with van der Waals surface area (Å²) >= 11 is 0. The van der Waals surface area contributed by atoms with Crippen LogP contribution in [0.15, 0.2) is 97.1 Å². The molecule has 38 heavy (non-hydrogen) atoms. The van der Waals surface area contributed by atoms with Gasteiger partial charge in [0.2, 0.25) is 0 Å². The van der Waals surface area contributed by atoms with Gasteiger partial charge in [0.1, 0.15) is 5.60 Å². The number of carbonyl (C=O) groups excluding carboxylic acids is 1. The van der Waals surface area contributed by atoms with Crippen LogP contribution in [0, 0.1) is 0 Å². The standard InChI is InChI=1S/C35H29NO2/c1-35(2,3)38-34(37)36-32(24-12-14-30-26(20-24)18-22-8-4-6-10-28(22)30)16-17-33(36)25-13-15-31-27(21-25)19-23-9-5-7-11-29(23)31/h4-17,20-21H,18-19H2,1-3H3. The van der Waals surface area contributed by atoms with Crippen molar-refractivity contribution in [3.05, 3.63) is 119 Å². The third-order valence-corrected chi connectivity index (χ3v) is 7.64. The number of nitrogens with zero attached hydrogens (tertiary/aromatic N) is 1. The van der Waals surface area contributed by atoms with E-state index in [1.807, 2.05) is 32.9 Å². The van der Waals surface area contributed by atoms with Crippen molar-refractivity contribution in [3.63, 3.8) is 0 Å². The zero-order valence-corrected chi connectivity index (χ0v) is 21.9.